The third kappa shape index (κ3) is 4.88. The highest BCUT2D eigenvalue weighted by atomic mass is 35.5. The molecule has 0 saturated carbocycles. The van der Waals surface area contributed by atoms with Gasteiger partial charge in [0.25, 0.3) is 5.79 Å². The molecule has 1 saturated heterocycles. The van der Waals surface area contributed by atoms with Gasteiger partial charge in [0.15, 0.2) is 0 Å². The Hall–Kier alpha value is -1.57. The molecule has 0 radical (unpaired) electrons. The zero-order chi connectivity index (χ0) is 21.1. The lowest BCUT2D eigenvalue weighted by atomic mass is 9.84. The number of halogens is 4. The number of nitrogens with zero attached hydrogens (tertiary/aromatic N) is 1. The number of alkyl halides is 3. The Bertz CT molecular complexity index is 691. The number of hydrogen-bond acceptors (Lipinski definition) is 3. The number of allylic oxidation sites excluding steroid dienone is 1. The van der Waals surface area contributed by atoms with E-state index in [2.05, 4.69) is 6.58 Å². The van der Waals surface area contributed by atoms with E-state index in [1.165, 1.54) is 4.90 Å². The maximum absolute atomic E-state index is 13.1. The monoisotopic (exact) mass is 419 g/mol. The van der Waals surface area contributed by atoms with Crippen molar-refractivity contribution in [2.75, 3.05) is 0 Å². The summed E-state index contributed by atoms with van der Waals surface area (Å²) in [5, 5.41) is 19.7. The second kappa shape index (κ2) is 8.84. The fourth-order valence-electron chi connectivity index (χ4n) is 3.74. The summed E-state index contributed by atoms with van der Waals surface area (Å²) in [6.07, 6.45) is -2.91. The number of amides is 1. The molecule has 1 fully saturated rings. The van der Waals surface area contributed by atoms with Gasteiger partial charge in [-0.2, -0.15) is 13.2 Å². The molecule has 1 heterocycles. The van der Waals surface area contributed by atoms with Gasteiger partial charge in [-0.25, -0.2) is 0 Å². The van der Waals surface area contributed by atoms with Gasteiger partial charge in [-0.1, -0.05) is 36.7 Å². The molecule has 3 atom stereocenters. The molecular formula is C20H25ClF3NO3. The predicted molar refractivity (Wildman–Crippen MR) is 100 cm³/mol. The molecular weight excluding hydrogens is 395 g/mol. The van der Waals surface area contributed by atoms with Gasteiger partial charge in [0.1, 0.15) is 0 Å². The van der Waals surface area contributed by atoms with Crippen LogP contribution in [0.2, 0.25) is 5.02 Å². The molecule has 1 aliphatic rings. The molecule has 156 valence electrons. The number of rotatable bonds is 7. The summed E-state index contributed by atoms with van der Waals surface area (Å²) in [5.74, 6) is -4.55. The van der Waals surface area contributed by atoms with E-state index in [-0.39, 0.29) is 18.2 Å². The molecule has 1 aliphatic heterocycles. The van der Waals surface area contributed by atoms with Crippen molar-refractivity contribution < 1.29 is 28.2 Å². The van der Waals surface area contributed by atoms with Crippen LogP contribution < -0.4 is 0 Å². The number of carbonyl (C=O) groups is 1. The zero-order valence-electron chi connectivity index (χ0n) is 15.6. The molecule has 28 heavy (non-hydrogen) atoms. The smallest absolute Gasteiger partial charge is 0.359 e. The van der Waals surface area contributed by atoms with Crippen molar-refractivity contribution in [1.82, 2.24) is 4.90 Å². The van der Waals surface area contributed by atoms with Gasteiger partial charge < -0.3 is 15.1 Å². The Labute approximate surface area is 167 Å². The number of hydrogen-bond donors (Lipinski definition) is 2. The average molecular weight is 420 g/mol. The van der Waals surface area contributed by atoms with Gasteiger partial charge in [-0.3, -0.25) is 4.79 Å². The third-order valence-electron chi connectivity index (χ3n) is 5.27. The standard InChI is InChI=1S/C20H25ClF3NO3/c1-3-5-14-8-11-17(13-6-9-15(21)10-7-13)25(18(14)26)16(4-2)12-19(27,28)20(22,23)24/h3,6-7,9-10,14,16-17,27-28H,1,4-5,8,11-12H2,2H3. The SMILES string of the molecule is C=CCC1CCC(c2ccc(Cl)cc2)N(C(CC)CC(O)(O)C(F)(F)F)C1=O. The Kier molecular flexibility index (Phi) is 7.17. The minimum atomic E-state index is -5.21. The predicted octanol–water partition coefficient (Wildman–Crippen LogP) is 4.61. The Balaban J connectivity index is 2.41. The summed E-state index contributed by atoms with van der Waals surface area (Å²) >= 11 is 5.92. The first-order valence-corrected chi connectivity index (χ1v) is 9.59. The lowest BCUT2D eigenvalue weighted by Gasteiger charge is -2.45. The number of aliphatic hydroxyl groups is 2. The van der Waals surface area contributed by atoms with Crippen molar-refractivity contribution in [2.24, 2.45) is 5.92 Å². The summed E-state index contributed by atoms with van der Waals surface area (Å²) in [6, 6.07) is 5.35. The second-order valence-electron chi connectivity index (χ2n) is 7.19. The Morgan fingerprint density at radius 2 is 1.89 bits per heavy atom. The average Bonchev–Trinajstić information content (AvgIpc) is 2.61. The van der Waals surface area contributed by atoms with Crippen molar-refractivity contribution in [2.45, 2.75) is 63.1 Å². The van der Waals surface area contributed by atoms with Crippen LogP contribution in [0.25, 0.3) is 0 Å². The van der Waals surface area contributed by atoms with Crippen LogP contribution in [-0.4, -0.2) is 39.0 Å². The van der Waals surface area contributed by atoms with Crippen LogP contribution in [0.15, 0.2) is 36.9 Å². The van der Waals surface area contributed by atoms with E-state index >= 15 is 0 Å². The van der Waals surface area contributed by atoms with Crippen LogP contribution in [0.4, 0.5) is 13.2 Å². The fraction of sp³-hybridized carbons (Fsp3) is 0.550. The van der Waals surface area contributed by atoms with Crippen molar-refractivity contribution in [1.29, 1.82) is 0 Å². The minimum Gasteiger partial charge on any atom is -0.359 e. The van der Waals surface area contributed by atoms with E-state index in [0.717, 1.165) is 5.56 Å². The lowest BCUT2D eigenvalue weighted by Crippen LogP contribution is -2.54. The van der Waals surface area contributed by atoms with Gasteiger partial charge in [0, 0.05) is 23.4 Å². The molecule has 4 nitrogen and oxygen atoms in total. The summed E-state index contributed by atoms with van der Waals surface area (Å²) in [7, 11) is 0. The van der Waals surface area contributed by atoms with E-state index in [4.69, 9.17) is 11.6 Å². The highest BCUT2D eigenvalue weighted by Crippen LogP contribution is 2.41. The summed E-state index contributed by atoms with van der Waals surface area (Å²) in [5.41, 5.74) is 0.752. The van der Waals surface area contributed by atoms with Crippen LogP contribution >= 0.6 is 11.6 Å². The maximum Gasteiger partial charge on any atom is 0.442 e. The summed E-state index contributed by atoms with van der Waals surface area (Å²) in [6.45, 7) is 5.27. The molecule has 3 unspecified atom stereocenters. The van der Waals surface area contributed by atoms with E-state index in [9.17, 15) is 28.2 Å². The Morgan fingerprint density at radius 3 is 2.39 bits per heavy atom. The first-order valence-electron chi connectivity index (χ1n) is 9.21. The summed E-state index contributed by atoms with van der Waals surface area (Å²) in [4.78, 5) is 14.5. The van der Waals surface area contributed by atoms with Gasteiger partial charge in [0.2, 0.25) is 5.91 Å². The summed E-state index contributed by atoms with van der Waals surface area (Å²) < 4.78 is 39.1. The molecule has 8 heteroatoms. The van der Waals surface area contributed by atoms with Crippen LogP contribution in [0.1, 0.15) is 50.6 Å². The van der Waals surface area contributed by atoms with Crippen molar-refractivity contribution in [3.63, 3.8) is 0 Å². The second-order valence-corrected chi connectivity index (χ2v) is 7.63. The van der Waals surface area contributed by atoms with Crippen molar-refractivity contribution in [3.05, 3.63) is 47.5 Å². The molecule has 2 N–H and O–H groups in total. The van der Waals surface area contributed by atoms with Gasteiger partial charge in [0.05, 0.1) is 6.04 Å². The molecule has 1 amide bonds. The maximum atomic E-state index is 13.1. The number of carbonyl (C=O) groups excluding carboxylic acids is 1. The molecule has 1 aromatic rings. The quantitative estimate of drug-likeness (QED) is 0.501. The Morgan fingerprint density at radius 1 is 1.29 bits per heavy atom. The molecule has 0 bridgehead atoms. The van der Waals surface area contributed by atoms with Crippen LogP contribution in [0, 0.1) is 5.92 Å². The van der Waals surface area contributed by atoms with E-state index in [1.807, 2.05) is 0 Å². The topological polar surface area (TPSA) is 60.8 Å². The third-order valence-corrected chi connectivity index (χ3v) is 5.52. The normalized spacial score (nSPS) is 22.2. The van der Waals surface area contributed by atoms with Crippen LogP contribution in [0.5, 0.6) is 0 Å². The van der Waals surface area contributed by atoms with Crippen molar-refractivity contribution >= 4 is 17.5 Å². The first kappa shape index (κ1) is 22.7. The lowest BCUT2D eigenvalue weighted by molar-refractivity contribution is -0.354. The highest BCUT2D eigenvalue weighted by molar-refractivity contribution is 6.30. The van der Waals surface area contributed by atoms with E-state index < -0.39 is 30.5 Å². The number of piperidine rings is 1. The van der Waals surface area contributed by atoms with Crippen LogP contribution in [0.3, 0.4) is 0 Å². The highest BCUT2D eigenvalue weighted by Gasteiger charge is 2.55. The molecule has 0 aliphatic carbocycles. The number of likely N-dealkylation sites (tertiary alicyclic amines) is 1. The molecule has 2 rings (SSSR count). The van der Waals surface area contributed by atoms with Gasteiger partial charge in [-0.05, 0) is 43.4 Å². The van der Waals surface area contributed by atoms with Gasteiger partial charge >= 0.3 is 6.18 Å². The minimum absolute atomic E-state index is 0.148. The van der Waals surface area contributed by atoms with Crippen LogP contribution in [-0.2, 0) is 4.79 Å². The first-order chi connectivity index (χ1) is 13.0. The van der Waals surface area contributed by atoms with E-state index in [1.54, 1.807) is 37.3 Å². The largest absolute Gasteiger partial charge is 0.442 e. The van der Waals surface area contributed by atoms with Crippen molar-refractivity contribution in [3.8, 4) is 0 Å². The molecule has 1 aromatic carbocycles. The molecule has 0 spiro atoms. The van der Waals surface area contributed by atoms with Gasteiger partial charge in [-0.15, -0.1) is 6.58 Å². The fourth-order valence-corrected chi connectivity index (χ4v) is 3.86. The number of benzene rings is 1. The molecule has 0 aromatic heterocycles. The zero-order valence-corrected chi connectivity index (χ0v) is 16.4. The van der Waals surface area contributed by atoms with E-state index in [0.29, 0.717) is 24.3 Å².